The van der Waals surface area contributed by atoms with Crippen molar-refractivity contribution in [1.29, 1.82) is 0 Å². The lowest BCUT2D eigenvalue weighted by Crippen LogP contribution is -2.16. The van der Waals surface area contributed by atoms with Crippen LogP contribution in [0.15, 0.2) is 66.7 Å². The molecule has 0 amide bonds. The van der Waals surface area contributed by atoms with Crippen LogP contribution in [0.3, 0.4) is 0 Å². The molecule has 28 heavy (non-hydrogen) atoms. The summed E-state index contributed by atoms with van der Waals surface area (Å²) in [5.41, 5.74) is 2.76. The van der Waals surface area contributed by atoms with Crippen molar-refractivity contribution in [3.8, 4) is 28.4 Å². The number of aromatic hydroxyl groups is 2. The van der Waals surface area contributed by atoms with Gasteiger partial charge in [0.15, 0.2) is 17.7 Å². The third-order valence-electron chi connectivity index (χ3n) is 5.06. The minimum atomic E-state index is -0.975. The maximum Gasteiger partial charge on any atom is 0.162 e. The van der Waals surface area contributed by atoms with Gasteiger partial charge in [0, 0.05) is 17.2 Å². The Kier molecular flexibility index (Phi) is 3.52. The van der Waals surface area contributed by atoms with Gasteiger partial charge < -0.3 is 14.9 Å². The van der Waals surface area contributed by atoms with Crippen molar-refractivity contribution in [2.75, 3.05) is 0 Å². The third-order valence-corrected chi connectivity index (χ3v) is 5.06. The molecule has 1 aliphatic heterocycles. The average molecular weight is 376 g/mol. The monoisotopic (exact) mass is 376 g/mol. The number of ether oxygens (including phenoxy) is 1. The van der Waals surface area contributed by atoms with Gasteiger partial charge in [0.25, 0.3) is 0 Å². The summed E-state index contributed by atoms with van der Waals surface area (Å²) in [6.07, 6.45) is -0.582. The molecular formula is C23H14F2O3. The Morgan fingerprint density at radius 2 is 1.43 bits per heavy atom. The summed E-state index contributed by atoms with van der Waals surface area (Å²) in [7, 11) is 0. The van der Waals surface area contributed by atoms with Crippen molar-refractivity contribution in [2.24, 2.45) is 0 Å². The van der Waals surface area contributed by atoms with Crippen LogP contribution in [0.5, 0.6) is 17.2 Å². The Balaban J connectivity index is 1.84. The van der Waals surface area contributed by atoms with Crippen LogP contribution in [0.2, 0.25) is 0 Å². The van der Waals surface area contributed by atoms with E-state index in [4.69, 9.17) is 4.74 Å². The third kappa shape index (κ3) is 2.47. The van der Waals surface area contributed by atoms with Crippen LogP contribution in [-0.2, 0) is 0 Å². The minimum Gasteiger partial charge on any atom is -0.508 e. The first-order chi connectivity index (χ1) is 13.5. The lowest BCUT2D eigenvalue weighted by Gasteiger charge is -2.30. The van der Waals surface area contributed by atoms with Gasteiger partial charge in [-0.2, -0.15) is 0 Å². The molecule has 2 N–H and O–H groups in total. The first kappa shape index (κ1) is 16.6. The minimum absolute atomic E-state index is 0.121. The molecule has 1 unspecified atom stereocenters. The SMILES string of the molecule is Oc1ccc(C2Oc3cc(F)c(F)cc3-c3ccc4cc(O)ccc4c32)cc1. The molecule has 138 valence electrons. The number of benzene rings is 4. The summed E-state index contributed by atoms with van der Waals surface area (Å²) in [4.78, 5) is 0. The van der Waals surface area contributed by atoms with Crippen molar-refractivity contribution in [3.63, 3.8) is 0 Å². The first-order valence-corrected chi connectivity index (χ1v) is 8.72. The van der Waals surface area contributed by atoms with Crippen molar-refractivity contribution >= 4 is 10.8 Å². The Hall–Kier alpha value is -3.60. The number of phenolic OH excluding ortho intramolecular Hbond substituents is 2. The van der Waals surface area contributed by atoms with E-state index in [9.17, 15) is 19.0 Å². The lowest BCUT2D eigenvalue weighted by atomic mass is 9.86. The van der Waals surface area contributed by atoms with E-state index in [0.717, 1.165) is 39.6 Å². The molecule has 4 aromatic carbocycles. The van der Waals surface area contributed by atoms with E-state index in [1.165, 1.54) is 0 Å². The highest BCUT2D eigenvalue weighted by atomic mass is 19.2. The van der Waals surface area contributed by atoms with E-state index in [-0.39, 0.29) is 17.2 Å². The zero-order chi connectivity index (χ0) is 19.4. The standard InChI is InChI=1S/C23H14F2O3/c24-19-10-18-17-7-3-13-9-15(27)6-8-16(13)22(17)23(28-21(18)11-20(19)25)12-1-4-14(26)5-2-12/h1-11,23,26-27H. The topological polar surface area (TPSA) is 49.7 Å². The first-order valence-electron chi connectivity index (χ1n) is 8.72. The van der Waals surface area contributed by atoms with E-state index in [1.54, 1.807) is 42.5 Å². The van der Waals surface area contributed by atoms with Gasteiger partial charge in [-0.1, -0.05) is 30.3 Å². The molecule has 0 radical (unpaired) electrons. The quantitative estimate of drug-likeness (QED) is 0.449. The fraction of sp³-hybridized carbons (Fsp3) is 0.0435. The maximum atomic E-state index is 13.9. The molecule has 1 heterocycles. The molecule has 5 rings (SSSR count). The van der Waals surface area contributed by atoms with Gasteiger partial charge in [-0.15, -0.1) is 0 Å². The number of rotatable bonds is 1. The average Bonchev–Trinajstić information content (AvgIpc) is 2.68. The Morgan fingerprint density at radius 3 is 2.21 bits per heavy atom. The van der Waals surface area contributed by atoms with Crippen molar-refractivity contribution in [1.82, 2.24) is 0 Å². The van der Waals surface area contributed by atoms with Crippen LogP contribution in [0.4, 0.5) is 8.78 Å². The molecule has 0 saturated carbocycles. The molecule has 0 fully saturated rings. The predicted molar refractivity (Wildman–Crippen MR) is 102 cm³/mol. The van der Waals surface area contributed by atoms with E-state index >= 15 is 0 Å². The summed E-state index contributed by atoms with van der Waals surface area (Å²) in [6.45, 7) is 0. The van der Waals surface area contributed by atoms with Crippen LogP contribution in [0.1, 0.15) is 17.2 Å². The molecule has 1 atom stereocenters. The number of hydrogen-bond donors (Lipinski definition) is 2. The van der Waals surface area contributed by atoms with Crippen LogP contribution in [0.25, 0.3) is 21.9 Å². The van der Waals surface area contributed by atoms with E-state index in [0.29, 0.717) is 5.56 Å². The van der Waals surface area contributed by atoms with Gasteiger partial charge >= 0.3 is 0 Å². The smallest absolute Gasteiger partial charge is 0.162 e. The fourth-order valence-electron chi connectivity index (χ4n) is 3.76. The molecule has 0 bridgehead atoms. The van der Waals surface area contributed by atoms with Gasteiger partial charge in [0.2, 0.25) is 0 Å². The number of phenols is 2. The Morgan fingerprint density at radius 1 is 0.714 bits per heavy atom. The van der Waals surface area contributed by atoms with E-state index < -0.39 is 17.7 Å². The van der Waals surface area contributed by atoms with Crippen LogP contribution in [-0.4, -0.2) is 10.2 Å². The summed E-state index contributed by atoms with van der Waals surface area (Å²) in [5, 5.41) is 21.1. The molecule has 3 nitrogen and oxygen atoms in total. The molecule has 5 heteroatoms. The van der Waals surface area contributed by atoms with Gasteiger partial charge in [-0.3, -0.25) is 0 Å². The molecule has 0 spiro atoms. The summed E-state index contributed by atoms with van der Waals surface area (Å²) < 4.78 is 33.9. The van der Waals surface area contributed by atoms with Gasteiger partial charge in [0.05, 0.1) is 0 Å². The molecule has 0 aromatic heterocycles. The zero-order valence-electron chi connectivity index (χ0n) is 14.5. The van der Waals surface area contributed by atoms with Gasteiger partial charge in [-0.25, -0.2) is 8.78 Å². The van der Waals surface area contributed by atoms with E-state index in [1.807, 2.05) is 12.1 Å². The second-order valence-corrected chi connectivity index (χ2v) is 6.78. The second kappa shape index (κ2) is 5.96. The maximum absolute atomic E-state index is 13.9. The lowest BCUT2D eigenvalue weighted by molar-refractivity contribution is 0.243. The van der Waals surface area contributed by atoms with Crippen LogP contribution < -0.4 is 4.74 Å². The van der Waals surface area contributed by atoms with Crippen molar-refractivity contribution in [2.45, 2.75) is 6.10 Å². The number of halogens is 2. The van der Waals surface area contributed by atoms with Crippen molar-refractivity contribution in [3.05, 3.63) is 89.5 Å². The fourth-order valence-corrected chi connectivity index (χ4v) is 3.76. The summed E-state index contributed by atoms with van der Waals surface area (Å²) in [5.74, 6) is -1.41. The van der Waals surface area contributed by atoms with Crippen LogP contribution >= 0.6 is 0 Å². The summed E-state index contributed by atoms with van der Waals surface area (Å²) >= 11 is 0. The zero-order valence-corrected chi connectivity index (χ0v) is 14.5. The summed E-state index contributed by atoms with van der Waals surface area (Å²) in [6, 6.07) is 17.4. The number of hydrogen-bond acceptors (Lipinski definition) is 3. The normalized spacial score (nSPS) is 15.0. The second-order valence-electron chi connectivity index (χ2n) is 6.78. The molecule has 0 aliphatic carbocycles. The van der Waals surface area contributed by atoms with Gasteiger partial charge in [0.1, 0.15) is 17.2 Å². The highest BCUT2D eigenvalue weighted by Crippen LogP contribution is 2.48. The van der Waals surface area contributed by atoms with Gasteiger partial charge in [-0.05, 0) is 52.2 Å². The molecular weight excluding hydrogens is 362 g/mol. The molecule has 1 aliphatic rings. The largest absolute Gasteiger partial charge is 0.508 e. The highest BCUT2D eigenvalue weighted by molar-refractivity contribution is 5.95. The Bertz CT molecular complexity index is 1230. The molecule has 4 aromatic rings. The van der Waals surface area contributed by atoms with Crippen LogP contribution in [0, 0.1) is 11.6 Å². The highest BCUT2D eigenvalue weighted by Gasteiger charge is 2.30. The predicted octanol–water partition coefficient (Wildman–Crippen LogP) is 5.68. The molecule has 0 saturated heterocycles. The number of fused-ring (bicyclic) bond motifs is 5. The Labute approximate surface area is 159 Å². The van der Waals surface area contributed by atoms with E-state index in [2.05, 4.69) is 0 Å². The van der Waals surface area contributed by atoms with Crippen molar-refractivity contribution < 1.29 is 23.7 Å².